The van der Waals surface area contributed by atoms with E-state index >= 15 is 0 Å². The molecular weight excluding hydrogens is 376 g/mol. The SMILES string of the molecule is C=CCOc1ccc(NC(=O)[C@@]23C[C@@H]2CN(Cc2ccccc2)S3(=O)=O)cc1. The number of ether oxygens (including phenoxy) is 1. The number of hydrogen-bond acceptors (Lipinski definition) is 4. The van der Waals surface area contributed by atoms with Crippen molar-refractivity contribution in [1.82, 2.24) is 4.31 Å². The highest BCUT2D eigenvalue weighted by atomic mass is 32.2. The number of anilines is 1. The number of nitrogens with zero attached hydrogens (tertiary/aromatic N) is 1. The van der Waals surface area contributed by atoms with Gasteiger partial charge in [-0.1, -0.05) is 43.0 Å². The average molecular weight is 398 g/mol. The Hall–Kier alpha value is -2.64. The molecule has 1 amide bonds. The van der Waals surface area contributed by atoms with Gasteiger partial charge >= 0.3 is 0 Å². The monoisotopic (exact) mass is 398 g/mol. The topological polar surface area (TPSA) is 75.7 Å². The zero-order valence-corrected chi connectivity index (χ0v) is 16.2. The predicted octanol–water partition coefficient (Wildman–Crippen LogP) is 2.79. The summed E-state index contributed by atoms with van der Waals surface area (Å²) in [5.41, 5.74) is 1.46. The smallest absolute Gasteiger partial charge is 0.247 e. The first-order chi connectivity index (χ1) is 13.5. The van der Waals surface area contributed by atoms with Crippen LogP contribution in [-0.4, -0.2) is 36.5 Å². The molecule has 2 atom stereocenters. The van der Waals surface area contributed by atoms with Crippen LogP contribution in [0.1, 0.15) is 12.0 Å². The zero-order chi connectivity index (χ0) is 19.8. The number of sulfonamides is 1. The van der Waals surface area contributed by atoms with Crippen LogP contribution in [-0.2, 0) is 21.4 Å². The van der Waals surface area contributed by atoms with Gasteiger partial charge in [0.15, 0.2) is 4.75 Å². The fraction of sp³-hybridized carbons (Fsp3) is 0.286. The van der Waals surface area contributed by atoms with E-state index in [2.05, 4.69) is 11.9 Å². The number of amides is 1. The third-order valence-electron chi connectivity index (χ3n) is 5.34. The van der Waals surface area contributed by atoms with E-state index in [0.29, 0.717) is 37.6 Å². The third-order valence-corrected chi connectivity index (χ3v) is 7.90. The van der Waals surface area contributed by atoms with Crippen LogP contribution in [0.3, 0.4) is 0 Å². The molecule has 2 aromatic carbocycles. The van der Waals surface area contributed by atoms with E-state index in [1.165, 1.54) is 4.31 Å². The minimum atomic E-state index is -3.71. The van der Waals surface area contributed by atoms with Gasteiger partial charge in [-0.3, -0.25) is 4.79 Å². The number of carbonyl (C=O) groups excluding carboxylic acids is 1. The Kier molecular flexibility index (Phi) is 4.72. The van der Waals surface area contributed by atoms with Crippen LogP contribution in [0.25, 0.3) is 0 Å². The largest absolute Gasteiger partial charge is 0.490 e. The molecule has 1 N–H and O–H groups in total. The summed E-state index contributed by atoms with van der Waals surface area (Å²) < 4.78 is 31.7. The minimum Gasteiger partial charge on any atom is -0.490 e. The standard InChI is InChI=1S/C21H22N2O4S/c1-2-12-27-19-10-8-18(9-11-19)22-20(24)21-13-17(21)15-23(28(21,25)26)14-16-6-4-3-5-7-16/h2-11,17H,1,12-15H2,(H,22,24)/t17-,21-/m1/s1. The lowest BCUT2D eigenvalue weighted by Crippen LogP contribution is -2.41. The first-order valence-corrected chi connectivity index (χ1v) is 10.6. The molecule has 2 aliphatic rings. The van der Waals surface area contributed by atoms with E-state index in [1.807, 2.05) is 30.3 Å². The van der Waals surface area contributed by atoms with E-state index in [4.69, 9.17) is 4.74 Å². The van der Waals surface area contributed by atoms with Crippen LogP contribution in [0.2, 0.25) is 0 Å². The van der Waals surface area contributed by atoms with Crippen LogP contribution >= 0.6 is 0 Å². The number of benzene rings is 2. The van der Waals surface area contributed by atoms with Crippen LogP contribution in [0.5, 0.6) is 5.75 Å². The van der Waals surface area contributed by atoms with Crippen LogP contribution in [0.15, 0.2) is 67.3 Å². The molecule has 4 rings (SSSR count). The first kappa shape index (κ1) is 18.7. The van der Waals surface area contributed by atoms with Gasteiger partial charge in [-0.05, 0) is 36.2 Å². The highest BCUT2D eigenvalue weighted by Crippen LogP contribution is 2.58. The van der Waals surface area contributed by atoms with Gasteiger partial charge in [0.25, 0.3) is 0 Å². The zero-order valence-electron chi connectivity index (χ0n) is 15.4. The molecule has 0 unspecified atom stereocenters. The van der Waals surface area contributed by atoms with Crippen molar-refractivity contribution in [3.8, 4) is 5.75 Å². The molecule has 6 nitrogen and oxygen atoms in total. The van der Waals surface area contributed by atoms with Gasteiger partial charge in [0.05, 0.1) is 0 Å². The van der Waals surface area contributed by atoms with E-state index in [1.54, 1.807) is 30.3 Å². The fourth-order valence-electron chi connectivity index (χ4n) is 3.77. The first-order valence-electron chi connectivity index (χ1n) is 9.16. The number of fused-ring (bicyclic) bond motifs is 1. The lowest BCUT2D eigenvalue weighted by Gasteiger charge is -2.21. The molecule has 0 spiro atoms. The van der Waals surface area contributed by atoms with E-state index in [0.717, 1.165) is 5.56 Å². The van der Waals surface area contributed by atoms with Crippen molar-refractivity contribution in [1.29, 1.82) is 0 Å². The third kappa shape index (κ3) is 3.10. The maximum atomic E-state index is 13.1. The van der Waals surface area contributed by atoms with Crippen molar-refractivity contribution in [3.05, 3.63) is 72.8 Å². The quantitative estimate of drug-likeness (QED) is 0.728. The van der Waals surface area contributed by atoms with Gasteiger partial charge in [0.1, 0.15) is 12.4 Å². The second kappa shape index (κ2) is 7.07. The summed E-state index contributed by atoms with van der Waals surface area (Å²) in [7, 11) is -3.71. The highest BCUT2D eigenvalue weighted by molar-refractivity contribution is 7.92. The highest BCUT2D eigenvalue weighted by Gasteiger charge is 2.75. The van der Waals surface area contributed by atoms with Gasteiger partial charge in [-0.2, -0.15) is 4.31 Å². The lowest BCUT2D eigenvalue weighted by atomic mass is 10.2. The van der Waals surface area contributed by atoms with E-state index in [-0.39, 0.29) is 5.92 Å². The molecule has 0 bridgehead atoms. The molecule has 0 radical (unpaired) electrons. The Labute approximate surface area is 164 Å². The second-order valence-corrected chi connectivity index (χ2v) is 9.35. The Balaban J connectivity index is 1.47. The Morgan fingerprint density at radius 1 is 1.21 bits per heavy atom. The fourth-order valence-corrected chi connectivity index (χ4v) is 6.12. The van der Waals surface area contributed by atoms with Gasteiger partial charge in [0.2, 0.25) is 15.9 Å². The molecule has 1 aliphatic heterocycles. The van der Waals surface area contributed by atoms with E-state index in [9.17, 15) is 13.2 Å². The normalized spacial score (nSPS) is 24.9. The van der Waals surface area contributed by atoms with Crippen molar-refractivity contribution in [2.24, 2.45) is 5.92 Å². The number of hydrogen-bond donors (Lipinski definition) is 1. The Morgan fingerprint density at radius 2 is 1.93 bits per heavy atom. The summed E-state index contributed by atoms with van der Waals surface area (Å²) in [6.45, 7) is 4.67. The molecule has 7 heteroatoms. The van der Waals surface area contributed by atoms with Crippen molar-refractivity contribution >= 4 is 21.6 Å². The second-order valence-electron chi connectivity index (χ2n) is 7.15. The molecule has 146 valence electrons. The average Bonchev–Trinajstić information content (AvgIpc) is 3.39. The maximum Gasteiger partial charge on any atom is 0.247 e. The lowest BCUT2D eigenvalue weighted by molar-refractivity contribution is -0.116. The van der Waals surface area contributed by atoms with Crippen molar-refractivity contribution in [2.75, 3.05) is 18.5 Å². The van der Waals surface area contributed by atoms with Gasteiger partial charge in [-0.15, -0.1) is 0 Å². The van der Waals surface area contributed by atoms with Crippen LogP contribution in [0.4, 0.5) is 5.69 Å². The minimum absolute atomic E-state index is 0.156. The molecule has 1 saturated carbocycles. The summed E-state index contributed by atoms with van der Waals surface area (Å²) in [6, 6.07) is 16.3. The molecule has 1 aliphatic carbocycles. The van der Waals surface area contributed by atoms with Crippen molar-refractivity contribution in [3.63, 3.8) is 0 Å². The van der Waals surface area contributed by atoms with Crippen LogP contribution < -0.4 is 10.1 Å². The number of rotatable bonds is 7. The number of nitrogens with one attached hydrogen (secondary N) is 1. The molecule has 2 fully saturated rings. The van der Waals surface area contributed by atoms with E-state index < -0.39 is 20.7 Å². The summed E-state index contributed by atoms with van der Waals surface area (Å²) in [5, 5.41) is 2.77. The van der Waals surface area contributed by atoms with Gasteiger partial charge in [0, 0.05) is 24.7 Å². The van der Waals surface area contributed by atoms with Crippen LogP contribution in [0, 0.1) is 5.92 Å². The van der Waals surface area contributed by atoms with Gasteiger partial charge < -0.3 is 10.1 Å². The molecule has 28 heavy (non-hydrogen) atoms. The van der Waals surface area contributed by atoms with Crippen molar-refractivity contribution < 1.29 is 17.9 Å². The maximum absolute atomic E-state index is 13.1. The number of carbonyl (C=O) groups is 1. The predicted molar refractivity (Wildman–Crippen MR) is 107 cm³/mol. The Morgan fingerprint density at radius 3 is 2.61 bits per heavy atom. The molecule has 1 heterocycles. The molecule has 1 saturated heterocycles. The molecular formula is C21H22N2O4S. The summed E-state index contributed by atoms with van der Waals surface area (Å²) in [5.74, 6) is 0.0483. The summed E-state index contributed by atoms with van der Waals surface area (Å²) >= 11 is 0. The molecule has 0 aromatic heterocycles. The molecule has 2 aromatic rings. The Bertz CT molecular complexity index is 989. The summed E-state index contributed by atoms with van der Waals surface area (Å²) in [6.07, 6.45) is 2.03. The van der Waals surface area contributed by atoms with Gasteiger partial charge in [-0.25, -0.2) is 8.42 Å². The summed E-state index contributed by atoms with van der Waals surface area (Å²) in [4.78, 5) is 12.9. The van der Waals surface area contributed by atoms with Crippen molar-refractivity contribution in [2.45, 2.75) is 17.7 Å².